The minimum absolute atomic E-state index is 0.0507. The van der Waals surface area contributed by atoms with E-state index in [0.29, 0.717) is 30.9 Å². The SMILES string of the molecule is CCOC(=O)CNC(=O)c1cc(O)cc(CC2=NCC(O)CN2)c1. The molecule has 8 heteroatoms. The van der Waals surface area contributed by atoms with Crippen LogP contribution in [-0.2, 0) is 16.0 Å². The predicted molar refractivity (Wildman–Crippen MR) is 87.1 cm³/mol. The number of aliphatic hydroxyl groups is 1. The maximum absolute atomic E-state index is 12.1. The van der Waals surface area contributed by atoms with Gasteiger partial charge in [0.25, 0.3) is 5.91 Å². The maximum Gasteiger partial charge on any atom is 0.325 e. The van der Waals surface area contributed by atoms with Crippen molar-refractivity contribution < 1.29 is 24.5 Å². The Balaban J connectivity index is 2.02. The highest BCUT2D eigenvalue weighted by Gasteiger charge is 2.15. The summed E-state index contributed by atoms with van der Waals surface area (Å²) in [5, 5.41) is 24.6. The van der Waals surface area contributed by atoms with Crippen molar-refractivity contribution in [2.75, 3.05) is 26.2 Å². The van der Waals surface area contributed by atoms with E-state index in [-0.39, 0.29) is 24.5 Å². The summed E-state index contributed by atoms with van der Waals surface area (Å²) in [6.07, 6.45) is -0.0960. The number of carbonyl (C=O) groups is 2. The molecule has 0 radical (unpaired) electrons. The Hall–Kier alpha value is -2.61. The number of carbonyl (C=O) groups excluding carboxylic acids is 2. The second kappa shape index (κ2) is 8.30. The zero-order valence-corrected chi connectivity index (χ0v) is 13.4. The lowest BCUT2D eigenvalue weighted by molar-refractivity contribution is -0.141. The predicted octanol–water partition coefficient (Wildman–Crippen LogP) is -0.410. The van der Waals surface area contributed by atoms with Crippen LogP contribution >= 0.6 is 0 Å². The van der Waals surface area contributed by atoms with Gasteiger partial charge in [-0.2, -0.15) is 0 Å². The van der Waals surface area contributed by atoms with Gasteiger partial charge < -0.3 is 25.6 Å². The van der Waals surface area contributed by atoms with E-state index in [0.717, 1.165) is 0 Å². The lowest BCUT2D eigenvalue weighted by Crippen LogP contribution is -2.39. The van der Waals surface area contributed by atoms with E-state index in [4.69, 9.17) is 4.74 Å². The topological polar surface area (TPSA) is 120 Å². The second-order valence-corrected chi connectivity index (χ2v) is 5.37. The van der Waals surface area contributed by atoms with Crippen molar-refractivity contribution in [3.8, 4) is 5.75 Å². The molecule has 0 aliphatic carbocycles. The molecule has 1 aliphatic heterocycles. The molecule has 1 amide bonds. The fourth-order valence-corrected chi connectivity index (χ4v) is 2.26. The van der Waals surface area contributed by atoms with Crippen LogP contribution in [0.2, 0.25) is 0 Å². The average molecular weight is 335 g/mol. The first-order valence-electron chi connectivity index (χ1n) is 7.70. The summed E-state index contributed by atoms with van der Waals surface area (Å²) in [7, 11) is 0. The fourth-order valence-electron chi connectivity index (χ4n) is 2.26. The number of benzene rings is 1. The lowest BCUT2D eigenvalue weighted by Gasteiger charge is -2.19. The number of hydrogen-bond acceptors (Lipinski definition) is 7. The van der Waals surface area contributed by atoms with Crippen molar-refractivity contribution in [3.05, 3.63) is 29.3 Å². The van der Waals surface area contributed by atoms with Crippen molar-refractivity contribution in [2.24, 2.45) is 4.99 Å². The molecule has 0 fully saturated rings. The quantitative estimate of drug-likeness (QED) is 0.525. The normalized spacial score (nSPS) is 16.8. The summed E-state index contributed by atoms with van der Waals surface area (Å²) in [5.74, 6) is -0.367. The first-order chi connectivity index (χ1) is 11.5. The van der Waals surface area contributed by atoms with Crippen LogP contribution in [0.15, 0.2) is 23.2 Å². The van der Waals surface area contributed by atoms with E-state index in [1.807, 2.05) is 0 Å². The summed E-state index contributed by atoms with van der Waals surface area (Å²) >= 11 is 0. The molecule has 4 N–H and O–H groups in total. The third-order valence-corrected chi connectivity index (χ3v) is 3.34. The third kappa shape index (κ3) is 5.24. The number of phenols is 1. The van der Waals surface area contributed by atoms with Crippen LogP contribution in [-0.4, -0.2) is 60.3 Å². The summed E-state index contributed by atoms with van der Waals surface area (Å²) in [4.78, 5) is 27.6. The van der Waals surface area contributed by atoms with Crippen molar-refractivity contribution in [1.82, 2.24) is 10.6 Å². The van der Waals surface area contributed by atoms with E-state index in [1.54, 1.807) is 13.0 Å². The molecule has 24 heavy (non-hydrogen) atoms. The van der Waals surface area contributed by atoms with Crippen LogP contribution < -0.4 is 10.6 Å². The van der Waals surface area contributed by atoms with Crippen LogP contribution in [0.3, 0.4) is 0 Å². The van der Waals surface area contributed by atoms with Gasteiger partial charge in [-0.1, -0.05) is 0 Å². The molecular weight excluding hydrogens is 314 g/mol. The molecule has 2 rings (SSSR count). The number of aliphatic hydroxyl groups excluding tert-OH is 1. The van der Waals surface area contributed by atoms with E-state index >= 15 is 0 Å². The molecule has 1 aromatic carbocycles. The minimum atomic E-state index is -0.523. The van der Waals surface area contributed by atoms with Crippen molar-refractivity contribution in [1.29, 1.82) is 0 Å². The largest absolute Gasteiger partial charge is 0.508 e. The Morgan fingerprint density at radius 2 is 2.21 bits per heavy atom. The monoisotopic (exact) mass is 335 g/mol. The number of phenolic OH excluding ortho intramolecular Hbond substituents is 1. The number of amidine groups is 1. The van der Waals surface area contributed by atoms with Gasteiger partial charge >= 0.3 is 5.97 Å². The number of β-amino-alcohol motifs (C(OH)–C–C–N with tert-alkyl or cyclic N) is 1. The number of nitrogens with zero attached hydrogens (tertiary/aromatic N) is 1. The zero-order chi connectivity index (χ0) is 17.5. The molecule has 0 saturated heterocycles. The summed E-state index contributed by atoms with van der Waals surface area (Å²) < 4.78 is 4.74. The number of esters is 1. The van der Waals surface area contributed by atoms with Crippen LogP contribution in [0.1, 0.15) is 22.8 Å². The van der Waals surface area contributed by atoms with Crippen LogP contribution in [0.5, 0.6) is 5.75 Å². The number of hydrogen-bond donors (Lipinski definition) is 4. The Morgan fingerprint density at radius 3 is 2.88 bits per heavy atom. The second-order valence-electron chi connectivity index (χ2n) is 5.37. The number of nitrogens with one attached hydrogen (secondary N) is 2. The number of aliphatic imine (C=N–C) groups is 1. The molecule has 1 unspecified atom stereocenters. The summed E-state index contributed by atoms with van der Waals surface area (Å²) in [6, 6.07) is 4.48. The van der Waals surface area contributed by atoms with Gasteiger partial charge in [0.15, 0.2) is 0 Å². The van der Waals surface area contributed by atoms with Crippen LogP contribution in [0, 0.1) is 0 Å². The van der Waals surface area contributed by atoms with Gasteiger partial charge in [0.05, 0.1) is 19.3 Å². The van der Waals surface area contributed by atoms with E-state index in [2.05, 4.69) is 15.6 Å². The van der Waals surface area contributed by atoms with Crippen LogP contribution in [0.4, 0.5) is 0 Å². The number of amides is 1. The third-order valence-electron chi connectivity index (χ3n) is 3.34. The van der Waals surface area contributed by atoms with Crippen molar-refractivity contribution in [3.63, 3.8) is 0 Å². The molecule has 0 aromatic heterocycles. The highest BCUT2D eigenvalue weighted by molar-refractivity contribution is 5.96. The molecule has 1 aliphatic rings. The smallest absolute Gasteiger partial charge is 0.325 e. The van der Waals surface area contributed by atoms with Gasteiger partial charge in [0, 0.05) is 18.5 Å². The molecule has 1 heterocycles. The fraction of sp³-hybridized carbons (Fsp3) is 0.438. The average Bonchev–Trinajstić information content (AvgIpc) is 2.54. The highest BCUT2D eigenvalue weighted by atomic mass is 16.5. The van der Waals surface area contributed by atoms with Gasteiger partial charge in [-0.05, 0) is 30.7 Å². The molecular formula is C16H21N3O5. The van der Waals surface area contributed by atoms with E-state index < -0.39 is 18.0 Å². The Bertz CT molecular complexity index is 645. The first-order valence-corrected chi connectivity index (χ1v) is 7.70. The number of ether oxygens (including phenoxy) is 1. The molecule has 1 atom stereocenters. The van der Waals surface area contributed by atoms with Gasteiger partial charge in [-0.15, -0.1) is 0 Å². The summed E-state index contributed by atoms with van der Waals surface area (Å²) in [6.45, 7) is 2.44. The molecule has 0 bridgehead atoms. The molecule has 8 nitrogen and oxygen atoms in total. The summed E-state index contributed by atoms with van der Waals surface area (Å²) in [5.41, 5.74) is 0.935. The maximum atomic E-state index is 12.1. The Labute approximate surface area is 139 Å². The Morgan fingerprint density at radius 1 is 1.42 bits per heavy atom. The van der Waals surface area contributed by atoms with Gasteiger partial charge in [-0.25, -0.2) is 0 Å². The lowest BCUT2D eigenvalue weighted by atomic mass is 10.1. The highest BCUT2D eigenvalue weighted by Crippen LogP contribution is 2.17. The van der Waals surface area contributed by atoms with Gasteiger partial charge in [0.2, 0.25) is 0 Å². The molecule has 0 saturated carbocycles. The number of aromatic hydroxyl groups is 1. The standard InChI is InChI=1S/C16H21N3O5/c1-2-24-15(22)9-19-16(23)11-3-10(4-12(20)6-11)5-14-17-7-13(21)8-18-14/h3-4,6,13,20-21H,2,5,7-9H2,1H3,(H,17,18)(H,19,23). The molecule has 1 aromatic rings. The first kappa shape index (κ1) is 17.7. The minimum Gasteiger partial charge on any atom is -0.508 e. The molecule has 130 valence electrons. The van der Waals surface area contributed by atoms with Gasteiger partial charge in [-0.3, -0.25) is 14.6 Å². The van der Waals surface area contributed by atoms with E-state index in [9.17, 15) is 19.8 Å². The van der Waals surface area contributed by atoms with Crippen molar-refractivity contribution >= 4 is 17.7 Å². The number of rotatable bonds is 6. The molecule has 0 spiro atoms. The zero-order valence-electron chi connectivity index (χ0n) is 13.4. The van der Waals surface area contributed by atoms with E-state index in [1.165, 1.54) is 12.1 Å². The van der Waals surface area contributed by atoms with Crippen molar-refractivity contribution in [2.45, 2.75) is 19.4 Å². The van der Waals surface area contributed by atoms with Crippen LogP contribution in [0.25, 0.3) is 0 Å². The van der Waals surface area contributed by atoms with Gasteiger partial charge in [0.1, 0.15) is 18.1 Å². The Kier molecular flexibility index (Phi) is 6.14.